The number of rotatable bonds is 4. The number of aliphatic carboxylic acids is 1. The van der Waals surface area contributed by atoms with Gasteiger partial charge < -0.3 is 10.0 Å². The zero-order valence-corrected chi connectivity index (χ0v) is 11.6. The smallest absolute Gasteiger partial charge is 0.416 e. The van der Waals surface area contributed by atoms with Gasteiger partial charge in [-0.3, -0.25) is 4.79 Å². The molecule has 1 N–H and O–H groups in total. The van der Waals surface area contributed by atoms with E-state index in [0.29, 0.717) is 0 Å². The summed E-state index contributed by atoms with van der Waals surface area (Å²) in [5, 5.41) is 9.34. The second-order valence-corrected chi connectivity index (χ2v) is 5.38. The predicted molar refractivity (Wildman–Crippen MR) is 72.1 cm³/mol. The summed E-state index contributed by atoms with van der Waals surface area (Å²) in [5.41, 5.74) is -0.590. The molecule has 0 amide bonds. The number of nitrogens with zero attached hydrogens (tertiary/aromatic N) is 1. The molecule has 1 atom stereocenters. The van der Waals surface area contributed by atoms with Gasteiger partial charge in [0.05, 0.1) is 11.5 Å². The lowest BCUT2D eigenvalue weighted by Crippen LogP contribution is -2.35. The molecule has 0 saturated carbocycles. The van der Waals surface area contributed by atoms with Crippen molar-refractivity contribution in [3.05, 3.63) is 35.4 Å². The van der Waals surface area contributed by atoms with E-state index in [-0.39, 0.29) is 12.1 Å². The van der Waals surface area contributed by atoms with Gasteiger partial charge in [0.2, 0.25) is 0 Å². The molecule has 0 aliphatic carbocycles. The van der Waals surface area contributed by atoms with Gasteiger partial charge in [0.15, 0.2) is 0 Å². The largest absolute Gasteiger partial charge is 0.481 e. The van der Waals surface area contributed by atoms with Crippen LogP contribution < -0.4 is 0 Å². The van der Waals surface area contributed by atoms with Crippen LogP contribution in [0.25, 0.3) is 0 Å². The van der Waals surface area contributed by atoms with Crippen LogP contribution in [0.15, 0.2) is 24.3 Å². The first-order chi connectivity index (χ1) is 9.88. The third kappa shape index (κ3) is 4.20. The Hall–Kier alpha value is -1.56. The summed E-state index contributed by atoms with van der Waals surface area (Å²) in [6, 6.07) is 4.63. The van der Waals surface area contributed by atoms with Crippen LogP contribution in [-0.4, -0.2) is 35.6 Å². The number of hydrogen-bond donors (Lipinski definition) is 1. The molecular weight excluding hydrogens is 283 g/mol. The van der Waals surface area contributed by atoms with E-state index in [4.69, 9.17) is 0 Å². The highest BCUT2D eigenvalue weighted by atomic mass is 19.4. The Labute approximate surface area is 121 Å². The molecule has 1 aliphatic heterocycles. The molecule has 21 heavy (non-hydrogen) atoms. The van der Waals surface area contributed by atoms with Gasteiger partial charge in [-0.15, -0.1) is 0 Å². The molecule has 1 unspecified atom stereocenters. The van der Waals surface area contributed by atoms with Crippen molar-refractivity contribution >= 4 is 5.97 Å². The topological polar surface area (TPSA) is 40.5 Å². The van der Waals surface area contributed by atoms with E-state index in [1.807, 2.05) is 4.90 Å². The number of hydrogen-bond acceptors (Lipinski definition) is 2. The summed E-state index contributed by atoms with van der Waals surface area (Å²) < 4.78 is 38.2. The minimum atomic E-state index is -4.45. The van der Waals surface area contributed by atoms with Crippen LogP contribution in [0.4, 0.5) is 13.2 Å². The first-order valence-electron chi connectivity index (χ1n) is 7.00. The van der Waals surface area contributed by atoms with Gasteiger partial charge in [-0.1, -0.05) is 24.6 Å². The summed E-state index contributed by atoms with van der Waals surface area (Å²) in [7, 11) is 0. The first kappa shape index (κ1) is 15.8. The third-order valence-electron chi connectivity index (χ3n) is 3.80. The van der Waals surface area contributed by atoms with Crippen molar-refractivity contribution in [2.45, 2.75) is 31.4 Å². The van der Waals surface area contributed by atoms with E-state index in [0.717, 1.165) is 44.5 Å². The lowest BCUT2D eigenvalue weighted by atomic mass is 9.95. The number of benzene rings is 1. The summed E-state index contributed by atoms with van der Waals surface area (Å²) in [6.07, 6.45) is -1.31. The average Bonchev–Trinajstić information content (AvgIpc) is 2.45. The van der Waals surface area contributed by atoms with Gasteiger partial charge in [-0.25, -0.2) is 0 Å². The van der Waals surface area contributed by atoms with Gasteiger partial charge in [0, 0.05) is 6.54 Å². The quantitative estimate of drug-likeness (QED) is 0.927. The molecule has 0 bridgehead atoms. The minimum Gasteiger partial charge on any atom is -0.481 e. The Balaban J connectivity index is 2.19. The van der Waals surface area contributed by atoms with E-state index in [2.05, 4.69) is 0 Å². The molecule has 3 nitrogen and oxygen atoms in total. The van der Waals surface area contributed by atoms with E-state index < -0.39 is 23.6 Å². The SMILES string of the molecule is O=C(O)C(CN1CCCCC1)c1cccc(C(F)(F)F)c1. The Morgan fingerprint density at radius 3 is 2.48 bits per heavy atom. The van der Waals surface area contributed by atoms with Crippen molar-refractivity contribution in [2.24, 2.45) is 0 Å². The lowest BCUT2D eigenvalue weighted by molar-refractivity contribution is -0.140. The molecule has 1 aromatic carbocycles. The summed E-state index contributed by atoms with van der Waals surface area (Å²) in [5.74, 6) is -2.01. The van der Waals surface area contributed by atoms with Gasteiger partial charge in [-0.2, -0.15) is 13.2 Å². The molecule has 2 rings (SSSR count). The summed E-state index contributed by atoms with van der Waals surface area (Å²) in [6.45, 7) is 1.88. The van der Waals surface area contributed by atoms with E-state index in [9.17, 15) is 23.1 Å². The first-order valence-corrected chi connectivity index (χ1v) is 7.00. The fraction of sp³-hybridized carbons (Fsp3) is 0.533. The molecule has 1 fully saturated rings. The summed E-state index contributed by atoms with van der Waals surface area (Å²) >= 11 is 0. The number of carboxylic acids is 1. The maximum Gasteiger partial charge on any atom is 0.416 e. The van der Waals surface area contributed by atoms with Crippen molar-refractivity contribution in [1.82, 2.24) is 4.90 Å². The van der Waals surface area contributed by atoms with Gasteiger partial charge in [-0.05, 0) is 37.6 Å². The fourth-order valence-corrected chi connectivity index (χ4v) is 2.66. The third-order valence-corrected chi connectivity index (χ3v) is 3.80. The van der Waals surface area contributed by atoms with E-state index in [1.54, 1.807) is 0 Å². The maximum atomic E-state index is 12.7. The molecule has 1 aliphatic rings. The average molecular weight is 301 g/mol. The zero-order chi connectivity index (χ0) is 15.5. The minimum absolute atomic E-state index is 0.211. The van der Waals surface area contributed by atoms with Gasteiger partial charge >= 0.3 is 12.1 Å². The van der Waals surface area contributed by atoms with Crippen LogP contribution in [0.1, 0.15) is 36.3 Å². The fourth-order valence-electron chi connectivity index (χ4n) is 2.66. The van der Waals surface area contributed by atoms with Crippen molar-refractivity contribution < 1.29 is 23.1 Å². The normalized spacial score (nSPS) is 18.4. The Bertz CT molecular complexity index is 496. The van der Waals surface area contributed by atoms with E-state index >= 15 is 0 Å². The molecule has 6 heteroatoms. The van der Waals surface area contributed by atoms with Gasteiger partial charge in [0.1, 0.15) is 0 Å². The molecule has 0 spiro atoms. The second kappa shape index (κ2) is 6.47. The highest BCUT2D eigenvalue weighted by Crippen LogP contribution is 2.31. The lowest BCUT2D eigenvalue weighted by Gasteiger charge is -2.29. The highest BCUT2D eigenvalue weighted by Gasteiger charge is 2.32. The van der Waals surface area contributed by atoms with Crippen LogP contribution in [0.5, 0.6) is 0 Å². The monoisotopic (exact) mass is 301 g/mol. The Kier molecular flexibility index (Phi) is 4.88. The van der Waals surface area contributed by atoms with Crippen LogP contribution in [-0.2, 0) is 11.0 Å². The van der Waals surface area contributed by atoms with E-state index in [1.165, 1.54) is 12.1 Å². The molecule has 1 heterocycles. The van der Waals surface area contributed by atoms with Crippen molar-refractivity contribution in [2.75, 3.05) is 19.6 Å². The Morgan fingerprint density at radius 2 is 1.90 bits per heavy atom. The zero-order valence-electron chi connectivity index (χ0n) is 11.6. The number of carbonyl (C=O) groups is 1. The molecule has 1 aromatic rings. The van der Waals surface area contributed by atoms with Crippen molar-refractivity contribution in [3.63, 3.8) is 0 Å². The standard InChI is InChI=1S/C15H18F3NO2/c16-15(17,18)12-6-4-5-11(9-12)13(14(20)21)10-19-7-2-1-3-8-19/h4-6,9,13H,1-3,7-8,10H2,(H,20,21). The molecule has 1 saturated heterocycles. The highest BCUT2D eigenvalue weighted by molar-refractivity contribution is 5.76. The number of halogens is 3. The van der Waals surface area contributed by atoms with Gasteiger partial charge in [0.25, 0.3) is 0 Å². The molecule has 0 aromatic heterocycles. The number of piperidine rings is 1. The number of alkyl halides is 3. The van der Waals surface area contributed by atoms with Crippen LogP contribution in [0.2, 0.25) is 0 Å². The predicted octanol–water partition coefficient (Wildman–Crippen LogP) is 3.36. The van der Waals surface area contributed by atoms with Crippen LogP contribution in [0, 0.1) is 0 Å². The second-order valence-electron chi connectivity index (χ2n) is 5.38. The molecular formula is C15H18F3NO2. The van der Waals surface area contributed by atoms with Crippen LogP contribution in [0.3, 0.4) is 0 Å². The number of carboxylic acid groups (broad SMARTS) is 1. The van der Waals surface area contributed by atoms with Crippen molar-refractivity contribution in [3.8, 4) is 0 Å². The molecule has 0 radical (unpaired) electrons. The Morgan fingerprint density at radius 1 is 1.24 bits per heavy atom. The van der Waals surface area contributed by atoms with Crippen LogP contribution >= 0.6 is 0 Å². The molecule has 116 valence electrons. The number of likely N-dealkylation sites (tertiary alicyclic amines) is 1. The maximum absolute atomic E-state index is 12.7. The summed E-state index contributed by atoms with van der Waals surface area (Å²) in [4.78, 5) is 13.4. The van der Waals surface area contributed by atoms with Crippen molar-refractivity contribution in [1.29, 1.82) is 0 Å².